The minimum Gasteiger partial charge on any atom is -0.484 e. The zero-order chi connectivity index (χ0) is 18.7. The SMILES string of the molecule is Cc1cccc(OCC(=O)N(Cc2ccc(C)o2)[C@@H]2CCS(=O)(=O)C2)c1. The second kappa shape index (κ2) is 7.53. The summed E-state index contributed by atoms with van der Waals surface area (Å²) in [4.78, 5) is 14.3. The van der Waals surface area contributed by atoms with E-state index in [1.54, 1.807) is 17.0 Å². The van der Waals surface area contributed by atoms with Crippen molar-refractivity contribution < 1.29 is 22.4 Å². The lowest BCUT2D eigenvalue weighted by Crippen LogP contribution is -2.43. The van der Waals surface area contributed by atoms with Crippen molar-refractivity contribution in [2.45, 2.75) is 32.9 Å². The lowest BCUT2D eigenvalue weighted by Gasteiger charge is -2.27. The molecule has 26 heavy (non-hydrogen) atoms. The summed E-state index contributed by atoms with van der Waals surface area (Å²) in [6.07, 6.45) is 0.443. The molecule has 1 aliphatic heterocycles. The number of carbonyl (C=O) groups is 1. The van der Waals surface area contributed by atoms with E-state index in [-0.39, 0.29) is 36.6 Å². The van der Waals surface area contributed by atoms with Gasteiger partial charge in [0.05, 0.1) is 18.1 Å². The fourth-order valence-corrected chi connectivity index (χ4v) is 4.84. The van der Waals surface area contributed by atoms with E-state index in [9.17, 15) is 13.2 Å². The van der Waals surface area contributed by atoms with Gasteiger partial charge in [0.15, 0.2) is 16.4 Å². The summed E-state index contributed by atoms with van der Waals surface area (Å²) in [7, 11) is -3.10. The highest BCUT2D eigenvalue weighted by atomic mass is 32.2. The summed E-state index contributed by atoms with van der Waals surface area (Å²) in [5.41, 5.74) is 1.04. The van der Waals surface area contributed by atoms with E-state index in [1.807, 2.05) is 38.1 Å². The van der Waals surface area contributed by atoms with Crippen molar-refractivity contribution in [1.82, 2.24) is 4.90 Å². The molecule has 1 saturated heterocycles. The van der Waals surface area contributed by atoms with Crippen molar-refractivity contribution >= 4 is 15.7 Å². The summed E-state index contributed by atoms with van der Waals surface area (Å²) in [6, 6.07) is 10.7. The van der Waals surface area contributed by atoms with Gasteiger partial charge in [-0.25, -0.2) is 8.42 Å². The van der Waals surface area contributed by atoms with Gasteiger partial charge >= 0.3 is 0 Å². The molecule has 1 aromatic heterocycles. The van der Waals surface area contributed by atoms with E-state index < -0.39 is 9.84 Å². The van der Waals surface area contributed by atoms with Crippen molar-refractivity contribution in [3.63, 3.8) is 0 Å². The van der Waals surface area contributed by atoms with E-state index in [0.717, 1.165) is 11.3 Å². The molecule has 0 bridgehead atoms. The Balaban J connectivity index is 1.72. The van der Waals surface area contributed by atoms with Crippen molar-refractivity contribution in [3.05, 3.63) is 53.5 Å². The summed E-state index contributed by atoms with van der Waals surface area (Å²) >= 11 is 0. The monoisotopic (exact) mass is 377 g/mol. The minimum absolute atomic E-state index is 0.0110. The molecule has 0 N–H and O–H groups in total. The van der Waals surface area contributed by atoms with Crippen LogP contribution >= 0.6 is 0 Å². The first-order valence-corrected chi connectivity index (χ1v) is 10.4. The van der Waals surface area contributed by atoms with Crippen LogP contribution in [0.5, 0.6) is 5.75 Å². The van der Waals surface area contributed by atoms with E-state index in [0.29, 0.717) is 17.9 Å². The number of benzene rings is 1. The lowest BCUT2D eigenvalue weighted by molar-refractivity contribution is -0.136. The van der Waals surface area contributed by atoms with Gasteiger partial charge in [-0.05, 0) is 50.1 Å². The predicted octanol–water partition coefficient (Wildman–Crippen LogP) is 2.49. The molecule has 1 aromatic carbocycles. The molecule has 0 radical (unpaired) electrons. The van der Waals surface area contributed by atoms with Gasteiger partial charge in [-0.1, -0.05) is 12.1 Å². The smallest absolute Gasteiger partial charge is 0.261 e. The maximum atomic E-state index is 12.8. The molecule has 2 heterocycles. The topological polar surface area (TPSA) is 76.8 Å². The number of carbonyl (C=O) groups excluding carboxylic acids is 1. The van der Waals surface area contributed by atoms with Gasteiger partial charge in [-0.2, -0.15) is 0 Å². The Labute approximate surface area is 153 Å². The second-order valence-corrected chi connectivity index (χ2v) is 8.92. The molecule has 3 rings (SSSR count). The van der Waals surface area contributed by atoms with Crippen molar-refractivity contribution in [2.75, 3.05) is 18.1 Å². The Morgan fingerprint density at radius 1 is 1.27 bits per heavy atom. The Bertz CT molecular complexity index is 887. The predicted molar refractivity (Wildman–Crippen MR) is 97.7 cm³/mol. The Morgan fingerprint density at radius 2 is 2.08 bits per heavy atom. The number of hydrogen-bond donors (Lipinski definition) is 0. The number of amides is 1. The largest absolute Gasteiger partial charge is 0.484 e. The highest BCUT2D eigenvalue weighted by Gasteiger charge is 2.35. The van der Waals surface area contributed by atoms with E-state index >= 15 is 0 Å². The fraction of sp³-hybridized carbons (Fsp3) is 0.421. The van der Waals surface area contributed by atoms with E-state index in [1.165, 1.54) is 0 Å². The van der Waals surface area contributed by atoms with Crippen molar-refractivity contribution in [1.29, 1.82) is 0 Å². The van der Waals surface area contributed by atoms with Crippen LogP contribution < -0.4 is 4.74 Å². The van der Waals surface area contributed by atoms with Gasteiger partial charge in [-0.3, -0.25) is 4.79 Å². The summed E-state index contributed by atoms with van der Waals surface area (Å²) in [5, 5.41) is 0. The van der Waals surface area contributed by atoms with Gasteiger partial charge in [0.1, 0.15) is 17.3 Å². The molecule has 1 amide bonds. The average Bonchev–Trinajstić information content (AvgIpc) is 3.15. The average molecular weight is 377 g/mol. The van der Waals surface area contributed by atoms with Gasteiger partial charge < -0.3 is 14.1 Å². The zero-order valence-electron chi connectivity index (χ0n) is 15.0. The van der Waals surface area contributed by atoms with Gasteiger partial charge in [0, 0.05) is 6.04 Å². The van der Waals surface area contributed by atoms with Gasteiger partial charge in [-0.15, -0.1) is 0 Å². The van der Waals surface area contributed by atoms with Crippen LogP contribution in [-0.4, -0.2) is 43.4 Å². The summed E-state index contributed by atoms with van der Waals surface area (Å²) in [5.74, 6) is 1.85. The van der Waals surface area contributed by atoms with E-state index in [4.69, 9.17) is 9.15 Å². The standard InChI is InChI=1S/C19H23NO5S/c1-14-4-3-5-17(10-14)24-12-19(21)20(11-18-7-6-15(2)25-18)16-8-9-26(22,23)13-16/h3-7,10,16H,8-9,11-13H2,1-2H3/t16-/m1/s1. The molecule has 0 aliphatic carbocycles. The number of hydrogen-bond acceptors (Lipinski definition) is 5. The molecule has 2 aromatic rings. The number of aryl methyl sites for hydroxylation is 2. The number of rotatable bonds is 6. The highest BCUT2D eigenvalue weighted by Crippen LogP contribution is 2.22. The fourth-order valence-electron chi connectivity index (χ4n) is 3.11. The lowest BCUT2D eigenvalue weighted by atomic mass is 10.2. The number of sulfone groups is 1. The molecule has 7 heteroatoms. The molecule has 6 nitrogen and oxygen atoms in total. The molecule has 140 valence electrons. The van der Waals surface area contributed by atoms with Crippen molar-refractivity contribution in [2.24, 2.45) is 0 Å². The third-order valence-corrected chi connectivity index (χ3v) is 6.19. The maximum Gasteiger partial charge on any atom is 0.261 e. The summed E-state index contributed by atoms with van der Waals surface area (Å²) < 4.78 is 34.9. The highest BCUT2D eigenvalue weighted by molar-refractivity contribution is 7.91. The molecular weight excluding hydrogens is 354 g/mol. The third kappa shape index (κ3) is 4.66. The van der Waals surface area contributed by atoms with Crippen LogP contribution in [0.25, 0.3) is 0 Å². The van der Waals surface area contributed by atoms with Crippen LogP contribution in [0.1, 0.15) is 23.5 Å². The van der Waals surface area contributed by atoms with Crippen LogP contribution in [0.4, 0.5) is 0 Å². The molecule has 0 spiro atoms. The van der Waals surface area contributed by atoms with Crippen LogP contribution in [-0.2, 0) is 21.2 Å². The number of furan rings is 1. The van der Waals surface area contributed by atoms with Crippen LogP contribution in [0.15, 0.2) is 40.8 Å². The van der Waals surface area contributed by atoms with Gasteiger partial charge in [0.25, 0.3) is 5.91 Å². The number of nitrogens with zero attached hydrogens (tertiary/aromatic N) is 1. The number of ether oxygens (including phenoxy) is 1. The van der Waals surface area contributed by atoms with E-state index in [2.05, 4.69) is 0 Å². The summed E-state index contributed by atoms with van der Waals surface area (Å²) in [6.45, 7) is 3.88. The first-order valence-electron chi connectivity index (χ1n) is 8.57. The zero-order valence-corrected chi connectivity index (χ0v) is 15.8. The minimum atomic E-state index is -3.10. The van der Waals surface area contributed by atoms with Crippen molar-refractivity contribution in [3.8, 4) is 5.75 Å². The molecule has 0 saturated carbocycles. The molecule has 1 fully saturated rings. The Morgan fingerprint density at radius 3 is 2.69 bits per heavy atom. The molecular formula is C19H23NO5S. The normalized spacial score (nSPS) is 18.6. The van der Waals surface area contributed by atoms with Crippen LogP contribution in [0.2, 0.25) is 0 Å². The molecule has 1 aliphatic rings. The second-order valence-electron chi connectivity index (χ2n) is 6.70. The first-order chi connectivity index (χ1) is 12.3. The Hall–Kier alpha value is -2.28. The quantitative estimate of drug-likeness (QED) is 0.773. The molecule has 0 unspecified atom stereocenters. The van der Waals surface area contributed by atoms with Crippen LogP contribution in [0.3, 0.4) is 0 Å². The Kier molecular flexibility index (Phi) is 5.36. The maximum absolute atomic E-state index is 12.8. The van der Waals surface area contributed by atoms with Crippen LogP contribution in [0, 0.1) is 13.8 Å². The van der Waals surface area contributed by atoms with Gasteiger partial charge in [0.2, 0.25) is 0 Å². The third-order valence-electron chi connectivity index (χ3n) is 4.44. The first kappa shape index (κ1) is 18.5. The molecule has 1 atom stereocenters.